The van der Waals surface area contributed by atoms with E-state index in [1.54, 1.807) is 25.1 Å². The normalized spacial score (nSPS) is 13.7. The summed E-state index contributed by atoms with van der Waals surface area (Å²) in [6.07, 6.45) is -4.62. The molecule has 0 unspecified atom stereocenters. The second-order valence-electron chi connectivity index (χ2n) is 3.49. The van der Waals surface area contributed by atoms with Crippen LogP contribution in [0.3, 0.4) is 0 Å². The van der Waals surface area contributed by atoms with Gasteiger partial charge in [-0.2, -0.15) is 0 Å². The van der Waals surface area contributed by atoms with E-state index in [0.717, 1.165) is 0 Å². The van der Waals surface area contributed by atoms with Crippen molar-refractivity contribution in [2.45, 2.75) is 19.3 Å². The smallest absolute Gasteiger partial charge is 0.308 e. The number of benzene rings is 1. The summed E-state index contributed by atoms with van der Waals surface area (Å²) in [4.78, 5) is 0. The third kappa shape index (κ3) is 5.14. The molecule has 0 bridgehead atoms. The van der Waals surface area contributed by atoms with Crippen molar-refractivity contribution in [2.75, 3.05) is 13.2 Å². The van der Waals surface area contributed by atoms with Gasteiger partial charge < -0.3 is 5.32 Å². The van der Waals surface area contributed by atoms with Gasteiger partial charge in [0.25, 0.3) is 0 Å². The van der Waals surface area contributed by atoms with Crippen molar-refractivity contribution in [3.63, 3.8) is 0 Å². The van der Waals surface area contributed by atoms with Crippen LogP contribution >= 0.6 is 0 Å². The lowest BCUT2D eigenvalue weighted by Crippen LogP contribution is -2.26. The highest BCUT2D eigenvalue weighted by Gasteiger charge is 2.28. The van der Waals surface area contributed by atoms with E-state index >= 15 is 0 Å². The van der Waals surface area contributed by atoms with Crippen molar-refractivity contribution in [1.29, 1.82) is 0 Å². The first-order valence-electron chi connectivity index (χ1n) is 5.08. The van der Waals surface area contributed by atoms with Crippen molar-refractivity contribution in [3.8, 4) is 0 Å². The van der Waals surface area contributed by atoms with Crippen LogP contribution < -0.4 is 5.32 Å². The summed E-state index contributed by atoms with van der Waals surface area (Å²) >= 11 is 0. The zero-order chi connectivity index (χ0) is 12.9. The van der Waals surface area contributed by atoms with Gasteiger partial charge >= 0.3 is 6.36 Å². The first-order chi connectivity index (χ1) is 7.90. The second-order valence-corrected chi connectivity index (χ2v) is 3.49. The van der Waals surface area contributed by atoms with Gasteiger partial charge in [0.1, 0.15) is 5.82 Å². The van der Waals surface area contributed by atoms with E-state index in [1.165, 1.54) is 6.07 Å². The van der Waals surface area contributed by atoms with Crippen LogP contribution in [0.25, 0.3) is 0 Å². The summed E-state index contributed by atoms with van der Waals surface area (Å²) < 4.78 is 51.8. The first kappa shape index (κ1) is 13.9. The quantitative estimate of drug-likeness (QED) is 0.641. The summed E-state index contributed by atoms with van der Waals surface area (Å²) in [5, 5.41) is 2.75. The van der Waals surface area contributed by atoms with Gasteiger partial charge in [0.15, 0.2) is 0 Å². The van der Waals surface area contributed by atoms with E-state index in [2.05, 4.69) is 10.1 Å². The average molecular weight is 251 g/mol. The predicted octanol–water partition coefficient (Wildman–Crippen LogP) is 3.01. The van der Waals surface area contributed by atoms with E-state index in [-0.39, 0.29) is 18.4 Å². The van der Waals surface area contributed by atoms with Crippen LogP contribution in [0.2, 0.25) is 0 Å². The molecule has 0 aromatic heterocycles. The summed E-state index contributed by atoms with van der Waals surface area (Å²) in [5.41, 5.74) is 0.416. The van der Waals surface area contributed by atoms with Gasteiger partial charge in [-0.1, -0.05) is 18.2 Å². The maximum absolute atomic E-state index is 13.3. The molecule has 1 aromatic rings. The second kappa shape index (κ2) is 5.97. The highest BCUT2D eigenvalue weighted by Crippen LogP contribution is 2.17. The fourth-order valence-corrected chi connectivity index (χ4v) is 1.38. The number of alkyl halides is 3. The Bertz CT molecular complexity index is 354. The van der Waals surface area contributed by atoms with Crippen LogP contribution in [-0.2, 0) is 4.74 Å². The van der Waals surface area contributed by atoms with Crippen molar-refractivity contribution in [1.82, 2.24) is 5.32 Å². The Morgan fingerprint density at radius 3 is 2.53 bits per heavy atom. The molecule has 2 nitrogen and oxygen atoms in total. The largest absolute Gasteiger partial charge is 0.522 e. The van der Waals surface area contributed by atoms with Gasteiger partial charge in [0.2, 0.25) is 0 Å². The Labute approximate surface area is 96.6 Å². The molecule has 1 atom stereocenters. The SMILES string of the molecule is C[C@@H](NCCOC(F)(F)F)c1ccccc1F. The minimum atomic E-state index is -4.62. The molecule has 6 heteroatoms. The summed E-state index contributed by atoms with van der Waals surface area (Å²) in [7, 11) is 0. The molecule has 0 aliphatic heterocycles. The lowest BCUT2D eigenvalue weighted by Gasteiger charge is -2.15. The summed E-state index contributed by atoms with van der Waals surface area (Å²) in [6.45, 7) is 1.17. The number of hydrogen-bond donors (Lipinski definition) is 1. The summed E-state index contributed by atoms with van der Waals surface area (Å²) in [6, 6.07) is 5.74. The van der Waals surface area contributed by atoms with Gasteiger partial charge in [0, 0.05) is 18.2 Å². The highest BCUT2D eigenvalue weighted by molar-refractivity contribution is 5.20. The van der Waals surface area contributed by atoms with E-state index in [0.29, 0.717) is 5.56 Å². The molecule has 0 spiro atoms. The van der Waals surface area contributed by atoms with Crippen LogP contribution in [0.5, 0.6) is 0 Å². The molecule has 0 heterocycles. The molecule has 1 N–H and O–H groups in total. The Kier molecular flexibility index (Phi) is 4.89. The van der Waals surface area contributed by atoms with Gasteiger partial charge in [-0.25, -0.2) is 4.39 Å². The molecule has 0 fully saturated rings. The van der Waals surface area contributed by atoms with Crippen LogP contribution in [0.1, 0.15) is 18.5 Å². The third-order valence-electron chi connectivity index (χ3n) is 2.19. The topological polar surface area (TPSA) is 21.3 Å². The molecule has 1 rings (SSSR count). The number of nitrogens with one attached hydrogen (secondary N) is 1. The minimum absolute atomic E-state index is 0.00495. The average Bonchev–Trinajstić information content (AvgIpc) is 2.23. The minimum Gasteiger partial charge on any atom is -0.308 e. The Balaban J connectivity index is 2.36. The zero-order valence-corrected chi connectivity index (χ0v) is 9.22. The fourth-order valence-electron chi connectivity index (χ4n) is 1.38. The summed E-state index contributed by atoms with van der Waals surface area (Å²) in [5.74, 6) is -0.385. The van der Waals surface area contributed by atoms with Crippen LogP contribution in [0, 0.1) is 5.82 Å². The molecule has 0 amide bonds. The van der Waals surface area contributed by atoms with Crippen molar-refractivity contribution >= 4 is 0 Å². The van der Waals surface area contributed by atoms with E-state index in [4.69, 9.17) is 0 Å². The molecular formula is C11H13F4NO. The molecule has 96 valence electrons. The number of halogens is 4. The maximum Gasteiger partial charge on any atom is 0.522 e. The molecule has 0 saturated carbocycles. The van der Waals surface area contributed by atoms with Gasteiger partial charge in [-0.3, -0.25) is 4.74 Å². The number of hydrogen-bond acceptors (Lipinski definition) is 2. The van der Waals surface area contributed by atoms with Gasteiger partial charge in [-0.15, -0.1) is 13.2 Å². The predicted molar refractivity (Wildman–Crippen MR) is 54.8 cm³/mol. The Morgan fingerprint density at radius 1 is 1.29 bits per heavy atom. The highest BCUT2D eigenvalue weighted by atomic mass is 19.4. The monoisotopic (exact) mass is 251 g/mol. The van der Waals surface area contributed by atoms with Gasteiger partial charge in [-0.05, 0) is 13.0 Å². The van der Waals surface area contributed by atoms with E-state index in [9.17, 15) is 17.6 Å². The van der Waals surface area contributed by atoms with Gasteiger partial charge in [0.05, 0.1) is 6.61 Å². The molecular weight excluding hydrogens is 238 g/mol. The molecule has 0 aliphatic carbocycles. The van der Waals surface area contributed by atoms with Crippen LogP contribution in [0.15, 0.2) is 24.3 Å². The Morgan fingerprint density at radius 2 is 1.94 bits per heavy atom. The number of rotatable bonds is 5. The van der Waals surface area contributed by atoms with Crippen molar-refractivity contribution in [3.05, 3.63) is 35.6 Å². The Hall–Kier alpha value is -1.14. The molecule has 1 aromatic carbocycles. The van der Waals surface area contributed by atoms with E-state index in [1.807, 2.05) is 0 Å². The zero-order valence-electron chi connectivity index (χ0n) is 9.22. The standard InChI is InChI=1S/C11H13F4NO/c1-8(9-4-2-3-5-10(9)12)16-6-7-17-11(13,14)15/h2-5,8,16H,6-7H2,1H3/t8-/m1/s1. The van der Waals surface area contributed by atoms with Crippen LogP contribution in [-0.4, -0.2) is 19.5 Å². The third-order valence-corrected chi connectivity index (χ3v) is 2.19. The molecule has 0 aliphatic rings. The molecule has 0 saturated heterocycles. The lowest BCUT2D eigenvalue weighted by atomic mass is 10.1. The first-order valence-corrected chi connectivity index (χ1v) is 5.08. The fraction of sp³-hybridized carbons (Fsp3) is 0.455. The lowest BCUT2D eigenvalue weighted by molar-refractivity contribution is -0.323. The maximum atomic E-state index is 13.3. The van der Waals surface area contributed by atoms with E-state index < -0.39 is 13.0 Å². The number of ether oxygens (including phenoxy) is 1. The van der Waals surface area contributed by atoms with Crippen molar-refractivity contribution < 1.29 is 22.3 Å². The van der Waals surface area contributed by atoms with Crippen LogP contribution in [0.4, 0.5) is 17.6 Å². The van der Waals surface area contributed by atoms with Crippen molar-refractivity contribution in [2.24, 2.45) is 0 Å². The molecule has 0 radical (unpaired) electrons. The molecule has 17 heavy (non-hydrogen) atoms.